The first kappa shape index (κ1) is 13.7. The van der Waals surface area contributed by atoms with E-state index in [2.05, 4.69) is 0 Å². The van der Waals surface area contributed by atoms with Gasteiger partial charge in [-0.2, -0.15) is 0 Å². The van der Waals surface area contributed by atoms with Crippen LogP contribution in [0.25, 0.3) is 0 Å². The van der Waals surface area contributed by atoms with Gasteiger partial charge >= 0.3 is 0 Å². The molecule has 1 aliphatic rings. The molecule has 0 amide bonds. The molecule has 1 unspecified atom stereocenters. The number of hydrogen-bond acceptors (Lipinski definition) is 3. The number of phenols is 1. The molecule has 1 N–H and O–H groups in total. The maximum atomic E-state index is 12.2. The highest BCUT2D eigenvalue weighted by Crippen LogP contribution is 2.35. The summed E-state index contributed by atoms with van der Waals surface area (Å²) < 4.78 is 6.07. The molecule has 21 heavy (non-hydrogen) atoms. The minimum Gasteiger partial charge on any atom is -0.508 e. The number of fused-ring (bicyclic) bond motifs is 1. The first-order chi connectivity index (χ1) is 10.1. The number of aryl methyl sites for hydroxylation is 1. The van der Waals surface area contributed by atoms with E-state index in [4.69, 9.17) is 4.74 Å². The fourth-order valence-electron chi connectivity index (χ4n) is 2.73. The standard InChI is InChI=1S/C18H18O3/c1-18(11-10-13-6-8-14(19)9-7-13)12-16(20)15-4-2-3-5-17(15)21-18/h2-9,19H,10-12H2,1H3. The Labute approximate surface area is 124 Å². The molecule has 0 radical (unpaired) electrons. The monoisotopic (exact) mass is 282 g/mol. The maximum absolute atomic E-state index is 12.2. The minimum absolute atomic E-state index is 0.144. The van der Waals surface area contributed by atoms with Gasteiger partial charge in [-0.05, 0) is 49.6 Å². The van der Waals surface area contributed by atoms with Crippen molar-refractivity contribution in [1.29, 1.82) is 0 Å². The van der Waals surface area contributed by atoms with E-state index in [9.17, 15) is 9.90 Å². The van der Waals surface area contributed by atoms with Gasteiger partial charge in [0.1, 0.15) is 17.1 Å². The second-order valence-corrected chi connectivity index (χ2v) is 5.81. The van der Waals surface area contributed by atoms with Crippen LogP contribution in [0.4, 0.5) is 0 Å². The molecule has 1 heterocycles. The zero-order valence-electron chi connectivity index (χ0n) is 12.0. The first-order valence-corrected chi connectivity index (χ1v) is 7.15. The maximum Gasteiger partial charge on any atom is 0.170 e. The molecule has 2 aromatic carbocycles. The summed E-state index contributed by atoms with van der Waals surface area (Å²) in [5.74, 6) is 1.09. The van der Waals surface area contributed by atoms with Gasteiger partial charge in [-0.15, -0.1) is 0 Å². The zero-order chi connectivity index (χ0) is 14.9. The molecule has 1 aliphatic heterocycles. The van der Waals surface area contributed by atoms with Crippen LogP contribution < -0.4 is 4.74 Å². The Bertz CT molecular complexity index is 660. The summed E-state index contributed by atoms with van der Waals surface area (Å²) in [4.78, 5) is 12.2. The zero-order valence-corrected chi connectivity index (χ0v) is 12.0. The number of ketones is 1. The summed E-state index contributed by atoms with van der Waals surface area (Å²) in [5, 5.41) is 9.30. The lowest BCUT2D eigenvalue weighted by Crippen LogP contribution is -2.39. The van der Waals surface area contributed by atoms with Crippen molar-refractivity contribution in [2.75, 3.05) is 0 Å². The van der Waals surface area contributed by atoms with Crippen LogP contribution in [-0.4, -0.2) is 16.5 Å². The third-order valence-electron chi connectivity index (χ3n) is 3.96. The Balaban J connectivity index is 1.74. The average molecular weight is 282 g/mol. The molecule has 108 valence electrons. The number of carbonyl (C=O) groups excluding carboxylic acids is 1. The van der Waals surface area contributed by atoms with Crippen LogP contribution >= 0.6 is 0 Å². The highest BCUT2D eigenvalue weighted by molar-refractivity contribution is 6.00. The van der Waals surface area contributed by atoms with Gasteiger partial charge in [-0.3, -0.25) is 4.79 Å². The molecule has 3 heteroatoms. The molecule has 0 aliphatic carbocycles. The van der Waals surface area contributed by atoms with Crippen LogP contribution in [-0.2, 0) is 6.42 Å². The SMILES string of the molecule is CC1(CCc2ccc(O)cc2)CC(=O)c2ccccc2O1. The van der Waals surface area contributed by atoms with E-state index in [-0.39, 0.29) is 11.5 Å². The van der Waals surface area contributed by atoms with Crippen molar-refractivity contribution in [3.05, 3.63) is 59.7 Å². The van der Waals surface area contributed by atoms with Crippen molar-refractivity contribution in [2.45, 2.75) is 31.8 Å². The van der Waals surface area contributed by atoms with E-state index in [1.807, 2.05) is 43.3 Å². The Morgan fingerprint density at radius 3 is 2.62 bits per heavy atom. The number of phenolic OH excluding ortho intramolecular Hbond substituents is 1. The average Bonchev–Trinajstić information content (AvgIpc) is 2.47. The van der Waals surface area contributed by atoms with Gasteiger partial charge in [-0.25, -0.2) is 0 Å². The van der Waals surface area contributed by atoms with Crippen molar-refractivity contribution < 1.29 is 14.6 Å². The number of rotatable bonds is 3. The van der Waals surface area contributed by atoms with Gasteiger partial charge in [-0.1, -0.05) is 24.3 Å². The van der Waals surface area contributed by atoms with E-state index < -0.39 is 5.60 Å². The van der Waals surface area contributed by atoms with E-state index in [0.717, 1.165) is 18.4 Å². The Morgan fingerprint density at radius 2 is 1.86 bits per heavy atom. The summed E-state index contributed by atoms with van der Waals surface area (Å²) in [7, 11) is 0. The van der Waals surface area contributed by atoms with E-state index in [1.54, 1.807) is 12.1 Å². The topological polar surface area (TPSA) is 46.5 Å². The summed E-state index contributed by atoms with van der Waals surface area (Å²) in [6.45, 7) is 1.99. The molecule has 0 bridgehead atoms. The van der Waals surface area contributed by atoms with Crippen molar-refractivity contribution in [3.8, 4) is 11.5 Å². The van der Waals surface area contributed by atoms with Crippen molar-refractivity contribution >= 4 is 5.78 Å². The van der Waals surface area contributed by atoms with Gasteiger partial charge in [0.05, 0.1) is 12.0 Å². The first-order valence-electron chi connectivity index (χ1n) is 7.15. The summed E-state index contributed by atoms with van der Waals surface area (Å²) in [6, 6.07) is 14.6. The quantitative estimate of drug-likeness (QED) is 0.932. The van der Waals surface area contributed by atoms with Crippen LogP contribution in [0.1, 0.15) is 35.7 Å². The predicted molar refractivity (Wildman–Crippen MR) is 80.9 cm³/mol. The van der Waals surface area contributed by atoms with E-state index >= 15 is 0 Å². The molecule has 0 saturated heterocycles. The second-order valence-electron chi connectivity index (χ2n) is 5.81. The van der Waals surface area contributed by atoms with Crippen molar-refractivity contribution in [1.82, 2.24) is 0 Å². The summed E-state index contributed by atoms with van der Waals surface area (Å²) in [5.41, 5.74) is 1.34. The normalized spacial score (nSPS) is 20.7. The number of benzene rings is 2. The largest absolute Gasteiger partial charge is 0.508 e. The number of ether oxygens (including phenoxy) is 1. The number of carbonyl (C=O) groups is 1. The smallest absolute Gasteiger partial charge is 0.170 e. The number of para-hydroxylation sites is 1. The van der Waals surface area contributed by atoms with Crippen LogP contribution in [0, 0.1) is 0 Å². The highest BCUT2D eigenvalue weighted by Gasteiger charge is 2.35. The molecular weight excluding hydrogens is 264 g/mol. The molecule has 3 rings (SSSR count). The Morgan fingerprint density at radius 1 is 1.14 bits per heavy atom. The molecule has 1 atom stereocenters. The number of aromatic hydroxyl groups is 1. The molecular formula is C18H18O3. The molecule has 0 aromatic heterocycles. The molecule has 2 aromatic rings. The minimum atomic E-state index is -0.469. The molecule has 0 fully saturated rings. The van der Waals surface area contributed by atoms with Gasteiger partial charge in [0, 0.05) is 0 Å². The van der Waals surface area contributed by atoms with Crippen LogP contribution in [0.3, 0.4) is 0 Å². The van der Waals surface area contributed by atoms with Crippen LogP contribution in [0.5, 0.6) is 11.5 Å². The number of Topliss-reactive ketones (excluding diaryl/α,β-unsaturated/α-hetero) is 1. The fourth-order valence-corrected chi connectivity index (χ4v) is 2.73. The van der Waals surface area contributed by atoms with Crippen LogP contribution in [0.2, 0.25) is 0 Å². The van der Waals surface area contributed by atoms with E-state index in [1.165, 1.54) is 0 Å². The van der Waals surface area contributed by atoms with Gasteiger partial charge in [0.15, 0.2) is 5.78 Å². The second kappa shape index (κ2) is 5.24. The van der Waals surface area contributed by atoms with Crippen molar-refractivity contribution in [2.24, 2.45) is 0 Å². The Hall–Kier alpha value is -2.29. The van der Waals surface area contributed by atoms with Gasteiger partial charge < -0.3 is 9.84 Å². The van der Waals surface area contributed by atoms with Gasteiger partial charge in [0.2, 0.25) is 0 Å². The molecule has 0 saturated carbocycles. The third-order valence-corrected chi connectivity index (χ3v) is 3.96. The number of hydrogen-bond donors (Lipinski definition) is 1. The third kappa shape index (κ3) is 2.92. The van der Waals surface area contributed by atoms with Gasteiger partial charge in [0.25, 0.3) is 0 Å². The fraction of sp³-hybridized carbons (Fsp3) is 0.278. The molecule has 0 spiro atoms. The molecule has 3 nitrogen and oxygen atoms in total. The van der Waals surface area contributed by atoms with Crippen LogP contribution in [0.15, 0.2) is 48.5 Å². The highest BCUT2D eigenvalue weighted by atomic mass is 16.5. The van der Waals surface area contributed by atoms with Crippen molar-refractivity contribution in [3.63, 3.8) is 0 Å². The Kier molecular flexibility index (Phi) is 3.42. The van der Waals surface area contributed by atoms with E-state index in [0.29, 0.717) is 17.7 Å². The summed E-state index contributed by atoms with van der Waals surface area (Å²) >= 11 is 0. The lowest BCUT2D eigenvalue weighted by molar-refractivity contribution is 0.0471. The lowest BCUT2D eigenvalue weighted by atomic mass is 9.87. The predicted octanol–water partition coefficient (Wildman–Crippen LogP) is 3.75. The lowest BCUT2D eigenvalue weighted by Gasteiger charge is -2.35. The summed E-state index contributed by atoms with van der Waals surface area (Å²) in [6.07, 6.45) is 1.98.